The van der Waals surface area contributed by atoms with Crippen LogP contribution in [-0.4, -0.2) is 17.9 Å². The van der Waals surface area contributed by atoms with Crippen molar-refractivity contribution in [2.45, 2.75) is 26.3 Å². The number of amides is 2. The Bertz CT molecular complexity index is 836. The molecule has 0 aromatic heterocycles. The number of nitrogens with one attached hydrogen (secondary N) is 1. The summed E-state index contributed by atoms with van der Waals surface area (Å²) < 4.78 is 0. The Labute approximate surface area is 150 Å². The molecule has 0 bridgehead atoms. The first-order chi connectivity index (χ1) is 11.4. The van der Waals surface area contributed by atoms with Crippen molar-refractivity contribution in [3.63, 3.8) is 0 Å². The normalized spacial score (nSPS) is 17.5. The standard InChI is InChI=1S/C18H16Cl2N2O2/c1-10-3-6-16(11(2)7-10)22-17(23)9-15(18(22)24)21-14-5-4-12(19)8-13(14)20/h3-8,15,21H,9H2,1-2H3/t15-/m0/s1. The van der Waals surface area contributed by atoms with E-state index in [1.165, 1.54) is 4.90 Å². The number of benzene rings is 2. The van der Waals surface area contributed by atoms with Crippen molar-refractivity contribution in [1.82, 2.24) is 0 Å². The third kappa shape index (κ3) is 3.12. The SMILES string of the molecule is Cc1ccc(N2C(=O)C[C@H](Nc3ccc(Cl)cc3Cl)C2=O)c(C)c1. The largest absolute Gasteiger partial charge is 0.372 e. The molecule has 0 aliphatic carbocycles. The molecule has 0 spiro atoms. The van der Waals surface area contributed by atoms with Gasteiger partial charge in [0.1, 0.15) is 6.04 Å². The lowest BCUT2D eigenvalue weighted by atomic mass is 10.1. The van der Waals surface area contributed by atoms with Crippen molar-refractivity contribution in [2.75, 3.05) is 10.2 Å². The van der Waals surface area contributed by atoms with Crippen molar-refractivity contribution in [1.29, 1.82) is 0 Å². The number of rotatable bonds is 3. The maximum atomic E-state index is 12.7. The number of imide groups is 1. The molecule has 0 unspecified atom stereocenters. The predicted molar refractivity (Wildman–Crippen MR) is 96.9 cm³/mol. The van der Waals surface area contributed by atoms with Crippen LogP contribution in [0.3, 0.4) is 0 Å². The highest BCUT2D eigenvalue weighted by Crippen LogP contribution is 2.31. The zero-order valence-electron chi connectivity index (χ0n) is 13.3. The summed E-state index contributed by atoms with van der Waals surface area (Å²) in [7, 11) is 0. The second kappa shape index (κ2) is 6.46. The number of halogens is 2. The van der Waals surface area contributed by atoms with E-state index in [1.54, 1.807) is 24.3 Å². The van der Waals surface area contributed by atoms with E-state index in [0.29, 0.717) is 21.4 Å². The second-order valence-corrected chi connectivity index (χ2v) is 6.73. The van der Waals surface area contributed by atoms with E-state index in [9.17, 15) is 9.59 Å². The molecule has 1 atom stereocenters. The predicted octanol–water partition coefficient (Wildman–Crippen LogP) is 4.35. The van der Waals surface area contributed by atoms with E-state index in [1.807, 2.05) is 26.0 Å². The Hall–Kier alpha value is -2.04. The zero-order chi connectivity index (χ0) is 17.4. The van der Waals surface area contributed by atoms with Gasteiger partial charge in [0.05, 0.1) is 22.8 Å². The maximum absolute atomic E-state index is 12.7. The van der Waals surface area contributed by atoms with Crippen molar-refractivity contribution in [2.24, 2.45) is 0 Å². The monoisotopic (exact) mass is 362 g/mol. The van der Waals surface area contributed by atoms with Crippen molar-refractivity contribution < 1.29 is 9.59 Å². The first-order valence-corrected chi connectivity index (χ1v) is 8.28. The Balaban J connectivity index is 1.86. The molecule has 1 fully saturated rings. The van der Waals surface area contributed by atoms with Crippen LogP contribution in [0.2, 0.25) is 10.0 Å². The number of anilines is 2. The molecule has 2 amide bonds. The molecule has 0 saturated carbocycles. The van der Waals surface area contributed by atoms with Gasteiger partial charge in [0.2, 0.25) is 5.91 Å². The summed E-state index contributed by atoms with van der Waals surface area (Å²) in [6.07, 6.45) is 0.0884. The molecular weight excluding hydrogens is 347 g/mol. The molecule has 2 aromatic carbocycles. The fourth-order valence-corrected chi connectivity index (χ4v) is 3.31. The number of carbonyl (C=O) groups is 2. The number of hydrogen-bond acceptors (Lipinski definition) is 3. The highest BCUT2D eigenvalue weighted by atomic mass is 35.5. The van der Waals surface area contributed by atoms with Crippen LogP contribution >= 0.6 is 23.2 Å². The van der Waals surface area contributed by atoms with Crippen LogP contribution in [0.1, 0.15) is 17.5 Å². The zero-order valence-corrected chi connectivity index (χ0v) is 14.8. The van der Waals surface area contributed by atoms with Crippen molar-refractivity contribution in [3.8, 4) is 0 Å². The molecule has 0 radical (unpaired) electrons. The van der Waals surface area contributed by atoms with Gasteiger partial charge >= 0.3 is 0 Å². The molecule has 2 aromatic rings. The molecule has 6 heteroatoms. The molecule has 3 rings (SSSR count). The first kappa shape index (κ1) is 16.8. The van der Waals surface area contributed by atoms with Gasteiger partial charge in [0.25, 0.3) is 5.91 Å². The Morgan fingerprint density at radius 3 is 2.50 bits per heavy atom. The highest BCUT2D eigenvalue weighted by molar-refractivity contribution is 6.36. The molecular formula is C18H16Cl2N2O2. The summed E-state index contributed by atoms with van der Waals surface area (Å²) in [6, 6.07) is 9.97. The van der Waals surface area contributed by atoms with Gasteiger partial charge in [0, 0.05) is 5.02 Å². The highest BCUT2D eigenvalue weighted by Gasteiger charge is 2.40. The van der Waals surface area contributed by atoms with Crippen LogP contribution in [0.4, 0.5) is 11.4 Å². The maximum Gasteiger partial charge on any atom is 0.256 e. The van der Waals surface area contributed by atoms with E-state index in [0.717, 1.165) is 11.1 Å². The lowest BCUT2D eigenvalue weighted by Crippen LogP contribution is -2.35. The third-order valence-corrected chi connectivity index (χ3v) is 4.55. The van der Waals surface area contributed by atoms with Crippen LogP contribution in [-0.2, 0) is 9.59 Å². The van der Waals surface area contributed by atoms with Crippen LogP contribution in [0, 0.1) is 13.8 Å². The first-order valence-electron chi connectivity index (χ1n) is 7.52. The summed E-state index contributed by atoms with van der Waals surface area (Å²) in [5.41, 5.74) is 3.18. The second-order valence-electron chi connectivity index (χ2n) is 5.88. The summed E-state index contributed by atoms with van der Waals surface area (Å²) >= 11 is 12.0. The summed E-state index contributed by atoms with van der Waals surface area (Å²) in [6.45, 7) is 3.86. The van der Waals surface area contributed by atoms with Gasteiger partial charge in [-0.15, -0.1) is 0 Å². The molecule has 1 heterocycles. The van der Waals surface area contributed by atoms with Gasteiger partial charge in [-0.3, -0.25) is 9.59 Å². The fraction of sp³-hybridized carbons (Fsp3) is 0.222. The number of aryl methyl sites for hydroxylation is 2. The van der Waals surface area contributed by atoms with Gasteiger partial charge < -0.3 is 5.32 Å². The van der Waals surface area contributed by atoms with Crippen LogP contribution in [0.15, 0.2) is 36.4 Å². The summed E-state index contributed by atoms with van der Waals surface area (Å²) in [4.78, 5) is 26.3. The lowest BCUT2D eigenvalue weighted by Gasteiger charge is -2.18. The topological polar surface area (TPSA) is 49.4 Å². The molecule has 1 aliphatic heterocycles. The summed E-state index contributed by atoms with van der Waals surface area (Å²) in [5, 5.41) is 3.96. The van der Waals surface area contributed by atoms with Crippen LogP contribution < -0.4 is 10.2 Å². The van der Waals surface area contributed by atoms with Gasteiger partial charge in [-0.2, -0.15) is 0 Å². The Kier molecular flexibility index (Phi) is 4.52. The molecule has 4 nitrogen and oxygen atoms in total. The van der Waals surface area contributed by atoms with E-state index in [2.05, 4.69) is 5.32 Å². The molecule has 1 saturated heterocycles. The van der Waals surface area contributed by atoms with E-state index < -0.39 is 6.04 Å². The minimum absolute atomic E-state index is 0.0884. The Morgan fingerprint density at radius 2 is 1.83 bits per heavy atom. The van der Waals surface area contributed by atoms with E-state index >= 15 is 0 Å². The Morgan fingerprint density at radius 1 is 1.08 bits per heavy atom. The average molecular weight is 363 g/mol. The van der Waals surface area contributed by atoms with E-state index in [4.69, 9.17) is 23.2 Å². The van der Waals surface area contributed by atoms with Crippen LogP contribution in [0.25, 0.3) is 0 Å². The molecule has 24 heavy (non-hydrogen) atoms. The number of hydrogen-bond donors (Lipinski definition) is 1. The molecule has 1 N–H and O–H groups in total. The fourth-order valence-electron chi connectivity index (χ4n) is 2.85. The van der Waals surface area contributed by atoms with Gasteiger partial charge in [-0.05, 0) is 43.7 Å². The minimum Gasteiger partial charge on any atom is -0.372 e. The quantitative estimate of drug-likeness (QED) is 0.825. The third-order valence-electron chi connectivity index (χ3n) is 4.00. The van der Waals surface area contributed by atoms with Crippen LogP contribution in [0.5, 0.6) is 0 Å². The van der Waals surface area contributed by atoms with Gasteiger partial charge in [0.15, 0.2) is 0 Å². The number of carbonyl (C=O) groups excluding carboxylic acids is 2. The lowest BCUT2D eigenvalue weighted by molar-refractivity contribution is -0.121. The molecule has 124 valence electrons. The average Bonchev–Trinajstić information content (AvgIpc) is 2.77. The van der Waals surface area contributed by atoms with Crippen molar-refractivity contribution >= 4 is 46.4 Å². The molecule has 1 aliphatic rings. The smallest absolute Gasteiger partial charge is 0.256 e. The van der Waals surface area contributed by atoms with E-state index in [-0.39, 0.29) is 18.2 Å². The van der Waals surface area contributed by atoms with Gasteiger partial charge in [-0.25, -0.2) is 4.90 Å². The minimum atomic E-state index is -0.642. The summed E-state index contributed by atoms with van der Waals surface area (Å²) in [5.74, 6) is -0.507. The van der Waals surface area contributed by atoms with Crippen molar-refractivity contribution in [3.05, 3.63) is 57.6 Å². The van der Waals surface area contributed by atoms with Gasteiger partial charge in [-0.1, -0.05) is 40.9 Å². The number of nitrogens with zero attached hydrogens (tertiary/aromatic N) is 1.